The van der Waals surface area contributed by atoms with E-state index in [2.05, 4.69) is 47.4 Å². The summed E-state index contributed by atoms with van der Waals surface area (Å²) in [4.78, 5) is 1.47. The van der Waals surface area contributed by atoms with Gasteiger partial charge in [0, 0.05) is 10.9 Å². The summed E-state index contributed by atoms with van der Waals surface area (Å²) in [6.07, 6.45) is 5.04. The summed E-state index contributed by atoms with van der Waals surface area (Å²) < 4.78 is 1.23. The lowest BCUT2D eigenvalue weighted by Gasteiger charge is -2.14. The Bertz CT molecular complexity index is 260. The SMILES string of the molecule is CCCCC(Cc1ccc(Br)s1)NC. The highest BCUT2D eigenvalue weighted by Gasteiger charge is 2.07. The van der Waals surface area contributed by atoms with Gasteiger partial charge in [-0.3, -0.25) is 0 Å². The number of rotatable bonds is 6. The summed E-state index contributed by atoms with van der Waals surface area (Å²) in [7, 11) is 2.06. The monoisotopic (exact) mass is 275 g/mol. The molecule has 1 aromatic heterocycles. The van der Waals surface area contributed by atoms with E-state index in [4.69, 9.17) is 0 Å². The molecule has 1 atom stereocenters. The second-order valence-corrected chi connectivity index (χ2v) is 6.09. The van der Waals surface area contributed by atoms with E-state index >= 15 is 0 Å². The van der Waals surface area contributed by atoms with Crippen LogP contribution in [0.5, 0.6) is 0 Å². The molecule has 0 aliphatic carbocycles. The zero-order valence-electron chi connectivity index (χ0n) is 8.85. The van der Waals surface area contributed by atoms with Gasteiger partial charge >= 0.3 is 0 Å². The van der Waals surface area contributed by atoms with Gasteiger partial charge < -0.3 is 5.32 Å². The number of thiophene rings is 1. The fourth-order valence-electron chi connectivity index (χ4n) is 1.50. The molecular formula is C11H18BrNS. The molecule has 1 heterocycles. The summed E-state index contributed by atoms with van der Waals surface area (Å²) in [5.74, 6) is 0. The van der Waals surface area contributed by atoms with E-state index in [0.29, 0.717) is 6.04 Å². The van der Waals surface area contributed by atoms with Gasteiger partial charge in [-0.25, -0.2) is 0 Å². The molecule has 1 aromatic rings. The molecule has 1 rings (SSSR count). The van der Waals surface area contributed by atoms with Crippen LogP contribution in [0, 0.1) is 0 Å². The molecule has 0 radical (unpaired) electrons. The van der Waals surface area contributed by atoms with Gasteiger partial charge in [-0.2, -0.15) is 0 Å². The van der Waals surface area contributed by atoms with Crippen LogP contribution in [0.2, 0.25) is 0 Å². The first-order valence-electron chi connectivity index (χ1n) is 5.17. The molecule has 1 unspecified atom stereocenters. The quantitative estimate of drug-likeness (QED) is 0.832. The molecule has 0 saturated carbocycles. The summed E-state index contributed by atoms with van der Waals surface area (Å²) in [5, 5.41) is 3.39. The highest BCUT2D eigenvalue weighted by atomic mass is 79.9. The second-order valence-electron chi connectivity index (χ2n) is 3.54. The Kier molecular flexibility index (Phi) is 5.75. The lowest BCUT2D eigenvalue weighted by Crippen LogP contribution is -2.26. The van der Waals surface area contributed by atoms with Crippen LogP contribution in [-0.4, -0.2) is 13.1 Å². The maximum absolute atomic E-state index is 3.49. The van der Waals surface area contributed by atoms with Gasteiger partial charge in [-0.05, 0) is 48.0 Å². The van der Waals surface area contributed by atoms with E-state index in [1.165, 1.54) is 27.9 Å². The van der Waals surface area contributed by atoms with Crippen molar-refractivity contribution in [3.8, 4) is 0 Å². The van der Waals surface area contributed by atoms with Gasteiger partial charge in [0.2, 0.25) is 0 Å². The molecule has 1 nitrogen and oxygen atoms in total. The van der Waals surface area contributed by atoms with Crippen molar-refractivity contribution >= 4 is 27.3 Å². The first-order valence-corrected chi connectivity index (χ1v) is 6.78. The fraction of sp³-hybridized carbons (Fsp3) is 0.636. The molecule has 0 fully saturated rings. The van der Waals surface area contributed by atoms with Gasteiger partial charge in [0.15, 0.2) is 0 Å². The van der Waals surface area contributed by atoms with E-state index in [9.17, 15) is 0 Å². The van der Waals surface area contributed by atoms with Crippen molar-refractivity contribution in [3.05, 3.63) is 20.8 Å². The van der Waals surface area contributed by atoms with E-state index in [0.717, 1.165) is 6.42 Å². The van der Waals surface area contributed by atoms with Crippen LogP contribution >= 0.6 is 27.3 Å². The Labute approximate surface area is 99.0 Å². The van der Waals surface area contributed by atoms with E-state index in [1.807, 2.05) is 11.3 Å². The number of nitrogens with one attached hydrogen (secondary N) is 1. The molecule has 0 saturated heterocycles. The van der Waals surface area contributed by atoms with E-state index < -0.39 is 0 Å². The molecule has 0 aromatic carbocycles. The topological polar surface area (TPSA) is 12.0 Å². The Balaban J connectivity index is 2.40. The van der Waals surface area contributed by atoms with E-state index in [-0.39, 0.29) is 0 Å². The Morgan fingerprint density at radius 2 is 2.29 bits per heavy atom. The van der Waals surface area contributed by atoms with Crippen LogP contribution in [0.3, 0.4) is 0 Å². The van der Waals surface area contributed by atoms with Crippen LogP contribution in [0.25, 0.3) is 0 Å². The molecule has 0 aliphatic rings. The average molecular weight is 276 g/mol. The van der Waals surface area contributed by atoms with Crippen LogP contribution in [0.1, 0.15) is 31.1 Å². The zero-order valence-corrected chi connectivity index (χ0v) is 11.2. The summed E-state index contributed by atoms with van der Waals surface area (Å²) >= 11 is 5.34. The summed E-state index contributed by atoms with van der Waals surface area (Å²) in [6.45, 7) is 2.24. The normalized spacial score (nSPS) is 13.1. The van der Waals surface area contributed by atoms with E-state index in [1.54, 1.807) is 0 Å². The first kappa shape index (κ1) is 12.2. The maximum atomic E-state index is 3.49. The van der Waals surface area contributed by atoms with Crippen molar-refractivity contribution < 1.29 is 0 Å². The van der Waals surface area contributed by atoms with Crippen molar-refractivity contribution in [1.82, 2.24) is 5.32 Å². The molecule has 1 N–H and O–H groups in total. The Hall–Kier alpha value is 0.140. The summed E-state index contributed by atoms with van der Waals surface area (Å²) in [5.41, 5.74) is 0. The third-order valence-electron chi connectivity index (χ3n) is 2.39. The molecule has 0 bridgehead atoms. The maximum Gasteiger partial charge on any atom is 0.0701 e. The number of halogens is 1. The van der Waals surface area contributed by atoms with Crippen LogP contribution in [0.4, 0.5) is 0 Å². The van der Waals surface area contributed by atoms with Crippen LogP contribution in [0.15, 0.2) is 15.9 Å². The van der Waals surface area contributed by atoms with Gasteiger partial charge in [0.05, 0.1) is 3.79 Å². The molecule has 0 spiro atoms. The van der Waals surface area contributed by atoms with Crippen molar-refractivity contribution in [2.75, 3.05) is 7.05 Å². The lowest BCUT2D eigenvalue weighted by atomic mass is 10.1. The van der Waals surface area contributed by atoms with Crippen LogP contribution < -0.4 is 5.32 Å². The van der Waals surface area contributed by atoms with Crippen molar-refractivity contribution in [1.29, 1.82) is 0 Å². The van der Waals surface area contributed by atoms with Crippen LogP contribution in [-0.2, 0) is 6.42 Å². The fourth-order valence-corrected chi connectivity index (χ4v) is 3.07. The molecule has 0 aliphatic heterocycles. The number of hydrogen-bond donors (Lipinski definition) is 1. The minimum Gasteiger partial charge on any atom is -0.317 e. The molecular weight excluding hydrogens is 258 g/mol. The molecule has 14 heavy (non-hydrogen) atoms. The third kappa shape index (κ3) is 4.11. The lowest BCUT2D eigenvalue weighted by molar-refractivity contribution is 0.501. The van der Waals surface area contributed by atoms with Crippen molar-refractivity contribution in [2.24, 2.45) is 0 Å². The third-order valence-corrected chi connectivity index (χ3v) is 4.04. The highest BCUT2D eigenvalue weighted by Crippen LogP contribution is 2.23. The standard InChI is InChI=1S/C11H18BrNS/c1-3-4-5-9(13-2)8-10-6-7-11(12)14-10/h6-7,9,13H,3-5,8H2,1-2H3. The molecule has 3 heteroatoms. The van der Waals surface area contributed by atoms with Crippen molar-refractivity contribution in [2.45, 2.75) is 38.6 Å². The van der Waals surface area contributed by atoms with Gasteiger partial charge in [-0.15, -0.1) is 11.3 Å². The van der Waals surface area contributed by atoms with Gasteiger partial charge in [0.25, 0.3) is 0 Å². The summed E-state index contributed by atoms with van der Waals surface area (Å²) in [6, 6.07) is 4.98. The number of unbranched alkanes of at least 4 members (excludes halogenated alkanes) is 1. The number of likely N-dealkylation sites (N-methyl/N-ethyl adjacent to an activating group) is 1. The van der Waals surface area contributed by atoms with Gasteiger partial charge in [-0.1, -0.05) is 19.8 Å². The minimum atomic E-state index is 0.639. The Morgan fingerprint density at radius 1 is 1.50 bits per heavy atom. The van der Waals surface area contributed by atoms with Gasteiger partial charge in [0.1, 0.15) is 0 Å². The largest absolute Gasteiger partial charge is 0.317 e. The minimum absolute atomic E-state index is 0.639. The molecule has 0 amide bonds. The highest BCUT2D eigenvalue weighted by molar-refractivity contribution is 9.11. The predicted octanol–water partition coefficient (Wildman–Crippen LogP) is 3.83. The second kappa shape index (κ2) is 6.59. The average Bonchev–Trinajstić information content (AvgIpc) is 2.58. The Morgan fingerprint density at radius 3 is 2.79 bits per heavy atom. The predicted molar refractivity (Wildman–Crippen MR) is 68.1 cm³/mol. The first-order chi connectivity index (χ1) is 6.76. The number of hydrogen-bond acceptors (Lipinski definition) is 2. The smallest absolute Gasteiger partial charge is 0.0701 e. The molecule has 80 valence electrons. The van der Waals surface area contributed by atoms with Crippen molar-refractivity contribution in [3.63, 3.8) is 0 Å². The zero-order chi connectivity index (χ0) is 10.4.